The van der Waals surface area contributed by atoms with Crippen LogP contribution in [-0.4, -0.2) is 30.1 Å². The highest BCUT2D eigenvalue weighted by atomic mass is 79.9. The van der Waals surface area contributed by atoms with Gasteiger partial charge in [0, 0.05) is 28.6 Å². The molecule has 2 aromatic carbocycles. The van der Waals surface area contributed by atoms with Crippen LogP contribution in [0.5, 0.6) is 0 Å². The van der Waals surface area contributed by atoms with Gasteiger partial charge in [-0.2, -0.15) is 0 Å². The van der Waals surface area contributed by atoms with Crippen LogP contribution >= 0.6 is 15.9 Å². The molecule has 27 heavy (non-hydrogen) atoms. The van der Waals surface area contributed by atoms with Gasteiger partial charge in [-0.3, -0.25) is 4.79 Å². The Kier molecular flexibility index (Phi) is 5.23. The van der Waals surface area contributed by atoms with Crippen molar-refractivity contribution in [3.05, 3.63) is 64.1 Å². The first-order chi connectivity index (χ1) is 13.1. The molecule has 0 bridgehead atoms. The first-order valence-corrected chi connectivity index (χ1v) is 9.96. The minimum Gasteiger partial charge on any atom is -0.376 e. The van der Waals surface area contributed by atoms with Gasteiger partial charge in [-0.05, 0) is 50.1 Å². The summed E-state index contributed by atoms with van der Waals surface area (Å²) in [6.45, 7) is 3.37. The average Bonchev–Trinajstić information content (AvgIpc) is 3.19. The lowest BCUT2D eigenvalue weighted by atomic mass is 10.0. The molecular formula is C22H21BrN2O2. The number of aryl methyl sites for hydroxylation is 1. The number of pyridine rings is 1. The molecule has 1 atom stereocenters. The number of fused-ring (bicyclic) bond motifs is 1. The summed E-state index contributed by atoms with van der Waals surface area (Å²) in [4.78, 5) is 17.8. The number of carbonyl (C=O) groups is 1. The van der Waals surface area contributed by atoms with Crippen LogP contribution in [0.3, 0.4) is 0 Å². The third-order valence-electron chi connectivity index (χ3n) is 4.84. The Labute approximate surface area is 167 Å². The van der Waals surface area contributed by atoms with E-state index in [9.17, 15) is 4.79 Å². The number of hydrogen-bond donors (Lipinski definition) is 1. The minimum atomic E-state index is -0.0927. The molecule has 0 spiro atoms. The van der Waals surface area contributed by atoms with Crippen molar-refractivity contribution in [2.24, 2.45) is 0 Å². The quantitative estimate of drug-likeness (QED) is 0.648. The van der Waals surface area contributed by atoms with E-state index in [1.165, 1.54) is 0 Å². The maximum atomic E-state index is 13.0. The van der Waals surface area contributed by atoms with Crippen LogP contribution in [0.15, 0.2) is 53.0 Å². The zero-order chi connectivity index (χ0) is 18.8. The Bertz CT molecular complexity index is 997. The van der Waals surface area contributed by atoms with E-state index in [0.717, 1.165) is 51.6 Å². The van der Waals surface area contributed by atoms with Gasteiger partial charge in [-0.25, -0.2) is 4.98 Å². The molecule has 138 valence electrons. The van der Waals surface area contributed by atoms with Gasteiger partial charge in [0.15, 0.2) is 0 Å². The molecule has 0 aliphatic carbocycles. The Hall–Kier alpha value is -2.24. The second-order valence-electron chi connectivity index (χ2n) is 6.93. The highest BCUT2D eigenvalue weighted by Gasteiger charge is 2.19. The van der Waals surface area contributed by atoms with Crippen LogP contribution in [0.25, 0.3) is 22.2 Å². The van der Waals surface area contributed by atoms with E-state index in [0.29, 0.717) is 12.1 Å². The standard InChI is InChI=1S/C22H21BrN2O2/c1-14-4-2-5-15(10-14)21-12-19(18-11-16(23)7-8-20(18)25-21)22(26)24-13-17-6-3-9-27-17/h2,4-5,7-8,10-12,17H,3,6,9,13H2,1H3,(H,24,26). The largest absolute Gasteiger partial charge is 0.376 e. The van der Waals surface area contributed by atoms with Gasteiger partial charge in [0.05, 0.1) is 22.9 Å². The molecule has 1 aliphatic rings. The molecule has 3 aromatic rings. The third kappa shape index (κ3) is 4.04. The van der Waals surface area contributed by atoms with Crippen LogP contribution < -0.4 is 5.32 Å². The van der Waals surface area contributed by atoms with Gasteiger partial charge in [-0.15, -0.1) is 0 Å². The first kappa shape index (κ1) is 18.1. The Morgan fingerprint density at radius 3 is 2.93 bits per heavy atom. The Balaban J connectivity index is 1.74. The lowest BCUT2D eigenvalue weighted by Gasteiger charge is -2.13. The molecule has 1 saturated heterocycles. The zero-order valence-electron chi connectivity index (χ0n) is 15.2. The van der Waals surface area contributed by atoms with Crippen molar-refractivity contribution in [3.8, 4) is 11.3 Å². The second kappa shape index (κ2) is 7.79. The molecule has 2 heterocycles. The first-order valence-electron chi connectivity index (χ1n) is 9.17. The zero-order valence-corrected chi connectivity index (χ0v) is 16.8. The summed E-state index contributed by atoms with van der Waals surface area (Å²) in [5.74, 6) is -0.0927. The fourth-order valence-corrected chi connectivity index (χ4v) is 3.81. The lowest BCUT2D eigenvalue weighted by Crippen LogP contribution is -2.32. The monoisotopic (exact) mass is 424 g/mol. The van der Waals surface area contributed by atoms with Crippen LogP contribution in [0.2, 0.25) is 0 Å². The fraction of sp³-hybridized carbons (Fsp3) is 0.273. The van der Waals surface area contributed by atoms with Crippen LogP contribution in [-0.2, 0) is 4.74 Å². The van der Waals surface area contributed by atoms with Crippen molar-refractivity contribution in [3.63, 3.8) is 0 Å². The Morgan fingerprint density at radius 2 is 2.15 bits per heavy atom. The molecule has 1 aromatic heterocycles. The molecule has 1 amide bonds. The summed E-state index contributed by atoms with van der Waals surface area (Å²) < 4.78 is 6.54. The van der Waals surface area contributed by atoms with Crippen molar-refractivity contribution in [2.75, 3.05) is 13.2 Å². The van der Waals surface area contributed by atoms with Gasteiger partial charge in [0.2, 0.25) is 0 Å². The summed E-state index contributed by atoms with van der Waals surface area (Å²) in [7, 11) is 0. The van der Waals surface area contributed by atoms with Crippen molar-refractivity contribution >= 4 is 32.7 Å². The van der Waals surface area contributed by atoms with E-state index in [1.54, 1.807) is 0 Å². The number of hydrogen-bond acceptors (Lipinski definition) is 3. The normalized spacial score (nSPS) is 16.6. The molecule has 5 heteroatoms. The van der Waals surface area contributed by atoms with E-state index >= 15 is 0 Å². The van der Waals surface area contributed by atoms with Crippen LogP contribution in [0, 0.1) is 6.92 Å². The second-order valence-corrected chi connectivity index (χ2v) is 7.85. The van der Waals surface area contributed by atoms with E-state index in [-0.39, 0.29) is 12.0 Å². The summed E-state index contributed by atoms with van der Waals surface area (Å²) >= 11 is 3.50. The molecule has 0 saturated carbocycles. The SMILES string of the molecule is Cc1cccc(-c2cc(C(=O)NCC3CCCO3)c3cc(Br)ccc3n2)c1. The number of nitrogens with one attached hydrogen (secondary N) is 1. The highest BCUT2D eigenvalue weighted by Crippen LogP contribution is 2.27. The van der Waals surface area contributed by atoms with Gasteiger partial charge in [-0.1, -0.05) is 39.7 Å². The minimum absolute atomic E-state index is 0.0927. The molecule has 1 fully saturated rings. The van der Waals surface area contributed by atoms with Gasteiger partial charge in [0.1, 0.15) is 0 Å². The average molecular weight is 425 g/mol. The topological polar surface area (TPSA) is 51.2 Å². The summed E-state index contributed by atoms with van der Waals surface area (Å²) in [6.07, 6.45) is 2.17. The molecule has 1 unspecified atom stereocenters. The maximum absolute atomic E-state index is 13.0. The molecule has 0 radical (unpaired) electrons. The number of benzene rings is 2. The third-order valence-corrected chi connectivity index (χ3v) is 5.34. The van der Waals surface area contributed by atoms with Gasteiger partial charge >= 0.3 is 0 Å². The smallest absolute Gasteiger partial charge is 0.252 e. The summed E-state index contributed by atoms with van der Waals surface area (Å²) in [6, 6.07) is 15.9. The number of halogens is 1. The predicted octanol–water partition coefficient (Wildman–Crippen LogP) is 4.88. The number of nitrogens with zero attached hydrogens (tertiary/aromatic N) is 1. The van der Waals surface area contributed by atoms with E-state index in [2.05, 4.69) is 40.3 Å². The molecular weight excluding hydrogens is 404 g/mol. The van der Waals surface area contributed by atoms with Gasteiger partial charge < -0.3 is 10.1 Å². The van der Waals surface area contributed by atoms with Crippen molar-refractivity contribution < 1.29 is 9.53 Å². The summed E-state index contributed by atoms with van der Waals surface area (Å²) in [5.41, 5.74) is 4.41. The predicted molar refractivity (Wildman–Crippen MR) is 111 cm³/mol. The van der Waals surface area contributed by atoms with E-state index in [1.807, 2.05) is 36.4 Å². The highest BCUT2D eigenvalue weighted by molar-refractivity contribution is 9.10. The fourth-order valence-electron chi connectivity index (χ4n) is 3.45. The molecule has 4 rings (SSSR count). The number of amides is 1. The van der Waals surface area contributed by atoms with Crippen molar-refractivity contribution in [2.45, 2.75) is 25.9 Å². The number of ether oxygens (including phenoxy) is 1. The van der Waals surface area contributed by atoms with E-state index in [4.69, 9.17) is 9.72 Å². The van der Waals surface area contributed by atoms with Crippen molar-refractivity contribution in [1.82, 2.24) is 10.3 Å². The molecule has 1 N–H and O–H groups in total. The number of rotatable bonds is 4. The number of aromatic nitrogens is 1. The number of carbonyl (C=O) groups excluding carboxylic acids is 1. The van der Waals surface area contributed by atoms with Gasteiger partial charge in [0.25, 0.3) is 5.91 Å². The lowest BCUT2D eigenvalue weighted by molar-refractivity contribution is 0.0859. The van der Waals surface area contributed by atoms with E-state index < -0.39 is 0 Å². The maximum Gasteiger partial charge on any atom is 0.252 e. The molecule has 4 nitrogen and oxygen atoms in total. The Morgan fingerprint density at radius 1 is 1.26 bits per heavy atom. The van der Waals surface area contributed by atoms with Crippen LogP contribution in [0.1, 0.15) is 28.8 Å². The molecule has 1 aliphatic heterocycles. The van der Waals surface area contributed by atoms with Crippen molar-refractivity contribution in [1.29, 1.82) is 0 Å². The van der Waals surface area contributed by atoms with Crippen LogP contribution in [0.4, 0.5) is 0 Å². The summed E-state index contributed by atoms with van der Waals surface area (Å²) in [5, 5.41) is 3.87.